The number of aliphatic hydroxyl groups is 1. The average Bonchev–Trinajstić information content (AvgIpc) is 2.39. The molecule has 0 aromatic heterocycles. The monoisotopic (exact) mass is 287 g/mol. The Morgan fingerprint density at radius 1 is 1.26 bits per heavy atom. The molecule has 0 radical (unpaired) electrons. The Hall–Kier alpha value is -0.220. The summed E-state index contributed by atoms with van der Waals surface area (Å²) in [7, 11) is 0. The second-order valence-electron chi connectivity index (χ2n) is 6.13. The second kappa shape index (κ2) is 8.85. The molecule has 0 spiro atoms. The predicted octanol–water partition coefficient (Wildman–Crippen LogP) is 2.82. The van der Waals surface area contributed by atoms with Crippen LogP contribution in [0.5, 0.6) is 0 Å². The summed E-state index contributed by atoms with van der Waals surface area (Å²) in [5.41, 5.74) is 0. The number of aliphatic hydroxyl groups excluding tert-OH is 1. The summed E-state index contributed by atoms with van der Waals surface area (Å²) in [5, 5.41) is 12.3. The number of carbonyl (C=O) groups excluding carboxylic acids is 1. The highest BCUT2D eigenvalue weighted by molar-refractivity contribution is 8.00. The van der Waals surface area contributed by atoms with Crippen LogP contribution in [0.4, 0.5) is 0 Å². The summed E-state index contributed by atoms with van der Waals surface area (Å²) < 4.78 is 0. The topological polar surface area (TPSA) is 49.3 Å². The highest BCUT2D eigenvalue weighted by atomic mass is 32.2. The molecule has 4 heteroatoms. The Labute approximate surface area is 121 Å². The van der Waals surface area contributed by atoms with Crippen molar-refractivity contribution < 1.29 is 9.90 Å². The van der Waals surface area contributed by atoms with E-state index in [1.165, 1.54) is 19.3 Å². The molecule has 1 aliphatic carbocycles. The summed E-state index contributed by atoms with van der Waals surface area (Å²) >= 11 is 1.69. The lowest BCUT2D eigenvalue weighted by Gasteiger charge is -2.27. The molecule has 1 fully saturated rings. The predicted molar refractivity (Wildman–Crippen MR) is 82.3 cm³/mol. The van der Waals surface area contributed by atoms with Gasteiger partial charge in [0.15, 0.2) is 0 Å². The van der Waals surface area contributed by atoms with Crippen LogP contribution in [0.25, 0.3) is 0 Å². The van der Waals surface area contributed by atoms with Crippen LogP contribution in [0.15, 0.2) is 0 Å². The fourth-order valence-electron chi connectivity index (χ4n) is 2.42. The molecule has 0 heterocycles. The molecule has 0 aliphatic heterocycles. The van der Waals surface area contributed by atoms with Crippen LogP contribution < -0.4 is 5.32 Å². The summed E-state index contributed by atoms with van der Waals surface area (Å²) in [6.07, 6.45) is 6.06. The van der Waals surface area contributed by atoms with Crippen molar-refractivity contribution in [2.45, 2.75) is 64.2 Å². The van der Waals surface area contributed by atoms with Crippen LogP contribution in [0.1, 0.15) is 52.9 Å². The fraction of sp³-hybridized carbons (Fsp3) is 0.933. The SMILES string of the molecule is CC(CO)CSC(C(=O)NC1CCCCC1)C(C)C. The number of hydrogen-bond acceptors (Lipinski definition) is 3. The number of carbonyl (C=O) groups is 1. The van der Waals surface area contributed by atoms with Crippen LogP contribution in [-0.2, 0) is 4.79 Å². The van der Waals surface area contributed by atoms with Crippen molar-refractivity contribution in [1.82, 2.24) is 5.32 Å². The van der Waals surface area contributed by atoms with E-state index in [1.807, 2.05) is 6.92 Å². The minimum atomic E-state index is 0.0101. The Morgan fingerprint density at radius 2 is 1.89 bits per heavy atom. The molecule has 2 atom stereocenters. The number of rotatable bonds is 7. The van der Waals surface area contributed by atoms with Gasteiger partial charge in [-0.15, -0.1) is 11.8 Å². The van der Waals surface area contributed by atoms with Gasteiger partial charge in [-0.2, -0.15) is 0 Å². The van der Waals surface area contributed by atoms with Gasteiger partial charge in [-0.1, -0.05) is 40.0 Å². The van der Waals surface area contributed by atoms with E-state index in [4.69, 9.17) is 5.11 Å². The number of hydrogen-bond donors (Lipinski definition) is 2. The van der Waals surface area contributed by atoms with Crippen molar-refractivity contribution in [3.8, 4) is 0 Å². The first-order valence-electron chi connectivity index (χ1n) is 7.57. The first-order chi connectivity index (χ1) is 9.04. The van der Waals surface area contributed by atoms with Gasteiger partial charge in [0, 0.05) is 12.6 Å². The van der Waals surface area contributed by atoms with E-state index in [0.717, 1.165) is 18.6 Å². The molecule has 2 unspecified atom stereocenters. The van der Waals surface area contributed by atoms with Gasteiger partial charge in [-0.25, -0.2) is 0 Å². The molecular weight excluding hydrogens is 258 g/mol. The quantitative estimate of drug-likeness (QED) is 0.757. The van der Waals surface area contributed by atoms with Gasteiger partial charge in [-0.05, 0) is 30.4 Å². The van der Waals surface area contributed by atoms with E-state index in [-0.39, 0.29) is 23.7 Å². The Kier molecular flexibility index (Phi) is 7.84. The van der Waals surface area contributed by atoms with E-state index in [1.54, 1.807) is 11.8 Å². The Balaban J connectivity index is 2.42. The van der Waals surface area contributed by atoms with Crippen LogP contribution in [0.2, 0.25) is 0 Å². The first kappa shape index (κ1) is 16.8. The molecule has 3 nitrogen and oxygen atoms in total. The minimum absolute atomic E-state index is 0.0101. The van der Waals surface area contributed by atoms with Gasteiger partial charge in [0.2, 0.25) is 5.91 Å². The van der Waals surface area contributed by atoms with E-state index < -0.39 is 0 Å². The normalized spacial score (nSPS) is 20.3. The van der Waals surface area contributed by atoms with Crippen molar-refractivity contribution in [3.05, 3.63) is 0 Å². The molecule has 1 saturated carbocycles. The number of nitrogens with one attached hydrogen (secondary N) is 1. The van der Waals surface area contributed by atoms with Crippen LogP contribution in [0, 0.1) is 11.8 Å². The minimum Gasteiger partial charge on any atom is -0.396 e. The maximum absolute atomic E-state index is 12.4. The summed E-state index contributed by atoms with van der Waals surface area (Å²) in [6.45, 7) is 6.41. The van der Waals surface area contributed by atoms with Crippen LogP contribution in [-0.4, -0.2) is 34.7 Å². The van der Waals surface area contributed by atoms with Gasteiger partial charge < -0.3 is 10.4 Å². The lowest BCUT2D eigenvalue weighted by molar-refractivity contribution is -0.122. The molecule has 2 N–H and O–H groups in total. The van der Waals surface area contributed by atoms with Crippen molar-refractivity contribution in [1.29, 1.82) is 0 Å². The molecule has 0 saturated heterocycles. The van der Waals surface area contributed by atoms with E-state index in [2.05, 4.69) is 19.2 Å². The van der Waals surface area contributed by atoms with Gasteiger partial charge in [-0.3, -0.25) is 4.79 Å². The molecule has 0 aromatic carbocycles. The third-order valence-electron chi connectivity index (χ3n) is 3.69. The first-order valence-corrected chi connectivity index (χ1v) is 8.62. The Bertz CT molecular complexity index is 265. The largest absolute Gasteiger partial charge is 0.396 e. The number of amides is 1. The van der Waals surface area contributed by atoms with Crippen molar-refractivity contribution in [3.63, 3.8) is 0 Å². The van der Waals surface area contributed by atoms with Crippen molar-refractivity contribution in [2.75, 3.05) is 12.4 Å². The molecule has 112 valence electrons. The van der Waals surface area contributed by atoms with Gasteiger partial charge in [0.1, 0.15) is 0 Å². The molecule has 0 bridgehead atoms. The average molecular weight is 287 g/mol. The van der Waals surface area contributed by atoms with Gasteiger partial charge in [0.05, 0.1) is 5.25 Å². The zero-order chi connectivity index (χ0) is 14.3. The van der Waals surface area contributed by atoms with Crippen LogP contribution >= 0.6 is 11.8 Å². The van der Waals surface area contributed by atoms with Crippen molar-refractivity contribution >= 4 is 17.7 Å². The lowest BCUT2D eigenvalue weighted by Crippen LogP contribution is -2.43. The van der Waals surface area contributed by atoms with Crippen molar-refractivity contribution in [2.24, 2.45) is 11.8 Å². The third kappa shape index (κ3) is 6.17. The fourth-order valence-corrected chi connectivity index (χ4v) is 3.67. The summed E-state index contributed by atoms with van der Waals surface area (Å²) in [6, 6.07) is 0.387. The smallest absolute Gasteiger partial charge is 0.233 e. The molecule has 1 amide bonds. The zero-order valence-electron chi connectivity index (χ0n) is 12.5. The molecule has 0 aromatic rings. The maximum Gasteiger partial charge on any atom is 0.233 e. The third-order valence-corrected chi connectivity index (χ3v) is 5.57. The lowest BCUT2D eigenvalue weighted by atomic mass is 9.95. The zero-order valence-corrected chi connectivity index (χ0v) is 13.3. The maximum atomic E-state index is 12.4. The highest BCUT2D eigenvalue weighted by Crippen LogP contribution is 2.24. The summed E-state index contributed by atoms with van der Waals surface area (Å²) in [4.78, 5) is 12.4. The summed E-state index contributed by atoms with van der Waals surface area (Å²) in [5.74, 6) is 1.63. The van der Waals surface area contributed by atoms with Gasteiger partial charge >= 0.3 is 0 Å². The molecule has 19 heavy (non-hydrogen) atoms. The molecule has 1 rings (SSSR count). The van der Waals surface area contributed by atoms with E-state index in [9.17, 15) is 4.79 Å². The van der Waals surface area contributed by atoms with E-state index in [0.29, 0.717) is 12.0 Å². The molecular formula is C15H29NO2S. The number of thioether (sulfide) groups is 1. The highest BCUT2D eigenvalue weighted by Gasteiger charge is 2.26. The second-order valence-corrected chi connectivity index (χ2v) is 7.30. The van der Waals surface area contributed by atoms with E-state index >= 15 is 0 Å². The van der Waals surface area contributed by atoms with Gasteiger partial charge in [0.25, 0.3) is 0 Å². The molecule has 1 aliphatic rings. The van der Waals surface area contributed by atoms with Crippen LogP contribution in [0.3, 0.4) is 0 Å². The standard InChI is InChI=1S/C15H29NO2S/c1-11(2)14(19-10-12(3)9-17)15(18)16-13-7-5-4-6-8-13/h11-14,17H,4-10H2,1-3H3,(H,16,18). The Morgan fingerprint density at radius 3 is 2.42 bits per heavy atom.